The van der Waals surface area contributed by atoms with Crippen LogP contribution in [-0.4, -0.2) is 16.6 Å². The molecule has 20 heavy (non-hydrogen) atoms. The summed E-state index contributed by atoms with van der Waals surface area (Å²) >= 11 is 0. The molecule has 2 aromatic rings. The molecule has 1 amide bonds. The molecule has 1 aliphatic heterocycles. The van der Waals surface area contributed by atoms with Crippen molar-refractivity contribution in [1.82, 2.24) is 10.4 Å². The van der Waals surface area contributed by atoms with E-state index < -0.39 is 0 Å². The van der Waals surface area contributed by atoms with E-state index in [0.29, 0.717) is 6.42 Å². The minimum Gasteiger partial charge on any atom is -0.273 e. The SMILES string of the molecule is O=C1CC(c2ccncc2)C(c2ccc(F)cc2)=NN1. The molecule has 0 radical (unpaired) electrons. The van der Waals surface area contributed by atoms with Crippen LogP contribution in [0, 0.1) is 5.82 Å². The highest BCUT2D eigenvalue weighted by Gasteiger charge is 2.26. The second-order valence-electron chi connectivity index (χ2n) is 4.58. The average molecular weight is 269 g/mol. The first kappa shape index (κ1) is 12.5. The highest BCUT2D eigenvalue weighted by atomic mass is 19.1. The van der Waals surface area contributed by atoms with Crippen LogP contribution in [0.15, 0.2) is 53.9 Å². The number of nitrogens with one attached hydrogen (secondary N) is 1. The van der Waals surface area contributed by atoms with E-state index in [-0.39, 0.29) is 17.6 Å². The van der Waals surface area contributed by atoms with E-state index in [1.54, 1.807) is 24.5 Å². The molecule has 1 aliphatic rings. The zero-order chi connectivity index (χ0) is 13.9. The normalized spacial score (nSPS) is 18.4. The molecule has 0 aliphatic carbocycles. The number of hydrazone groups is 1. The van der Waals surface area contributed by atoms with Crippen molar-refractivity contribution in [3.63, 3.8) is 0 Å². The van der Waals surface area contributed by atoms with Crippen LogP contribution in [0.3, 0.4) is 0 Å². The summed E-state index contributed by atoms with van der Waals surface area (Å²) in [7, 11) is 0. The van der Waals surface area contributed by atoms with E-state index >= 15 is 0 Å². The molecule has 0 saturated carbocycles. The third-order valence-electron chi connectivity index (χ3n) is 3.27. The van der Waals surface area contributed by atoms with Crippen molar-refractivity contribution in [3.05, 3.63) is 65.7 Å². The van der Waals surface area contributed by atoms with Crippen LogP contribution >= 0.6 is 0 Å². The highest BCUT2D eigenvalue weighted by Crippen LogP contribution is 2.27. The number of amides is 1. The van der Waals surface area contributed by atoms with Gasteiger partial charge in [0.15, 0.2) is 0 Å². The number of hydrogen-bond donors (Lipinski definition) is 1. The van der Waals surface area contributed by atoms with Gasteiger partial charge in [-0.25, -0.2) is 9.82 Å². The lowest BCUT2D eigenvalue weighted by atomic mass is 9.87. The number of pyridine rings is 1. The summed E-state index contributed by atoms with van der Waals surface area (Å²) in [5, 5.41) is 4.14. The first-order chi connectivity index (χ1) is 9.74. The summed E-state index contributed by atoms with van der Waals surface area (Å²) in [6.45, 7) is 0. The maximum Gasteiger partial charge on any atom is 0.241 e. The number of halogens is 1. The predicted molar refractivity (Wildman–Crippen MR) is 72.7 cm³/mol. The van der Waals surface area contributed by atoms with Crippen LogP contribution in [0.25, 0.3) is 0 Å². The van der Waals surface area contributed by atoms with E-state index in [9.17, 15) is 9.18 Å². The Hall–Kier alpha value is -2.56. The molecule has 1 aromatic carbocycles. The van der Waals surface area contributed by atoms with Crippen LogP contribution in [0.5, 0.6) is 0 Å². The van der Waals surface area contributed by atoms with Crippen molar-refractivity contribution in [2.24, 2.45) is 5.10 Å². The Morgan fingerprint density at radius 2 is 1.80 bits per heavy atom. The van der Waals surface area contributed by atoms with E-state index in [4.69, 9.17) is 0 Å². The molecular formula is C15H12FN3O. The maximum atomic E-state index is 13.0. The van der Waals surface area contributed by atoms with Gasteiger partial charge in [0.1, 0.15) is 5.82 Å². The molecule has 1 atom stereocenters. The number of nitrogens with zero attached hydrogens (tertiary/aromatic N) is 2. The van der Waals surface area contributed by atoms with Gasteiger partial charge >= 0.3 is 0 Å². The third kappa shape index (κ3) is 2.42. The van der Waals surface area contributed by atoms with E-state index in [1.165, 1.54) is 12.1 Å². The van der Waals surface area contributed by atoms with Gasteiger partial charge in [0.05, 0.1) is 5.71 Å². The maximum absolute atomic E-state index is 13.0. The molecule has 1 N–H and O–H groups in total. The van der Waals surface area contributed by atoms with Gasteiger partial charge in [-0.15, -0.1) is 0 Å². The van der Waals surface area contributed by atoms with Gasteiger partial charge in [-0.1, -0.05) is 12.1 Å². The van der Waals surface area contributed by atoms with Gasteiger partial charge in [-0.05, 0) is 35.4 Å². The Morgan fingerprint density at radius 1 is 1.10 bits per heavy atom. The minimum absolute atomic E-state index is 0.127. The highest BCUT2D eigenvalue weighted by molar-refractivity contribution is 6.08. The van der Waals surface area contributed by atoms with Gasteiger partial charge in [0.25, 0.3) is 0 Å². The van der Waals surface area contributed by atoms with Crippen molar-refractivity contribution in [1.29, 1.82) is 0 Å². The predicted octanol–water partition coefficient (Wildman–Crippen LogP) is 2.23. The first-order valence-corrected chi connectivity index (χ1v) is 6.26. The van der Waals surface area contributed by atoms with Gasteiger partial charge in [-0.3, -0.25) is 9.78 Å². The monoisotopic (exact) mass is 269 g/mol. The molecule has 4 nitrogen and oxygen atoms in total. The number of benzene rings is 1. The quantitative estimate of drug-likeness (QED) is 0.909. The standard InChI is InChI=1S/C15H12FN3O/c16-12-3-1-11(2-4-12)15-13(9-14(20)18-19-15)10-5-7-17-8-6-10/h1-8,13H,9H2,(H,18,20). The first-order valence-electron chi connectivity index (χ1n) is 6.26. The van der Waals surface area contributed by atoms with E-state index in [2.05, 4.69) is 15.5 Å². The van der Waals surface area contributed by atoms with Gasteiger partial charge in [-0.2, -0.15) is 5.10 Å². The lowest BCUT2D eigenvalue weighted by molar-refractivity contribution is -0.121. The van der Waals surface area contributed by atoms with Crippen LogP contribution in [0.4, 0.5) is 4.39 Å². The Balaban J connectivity index is 2.02. The lowest BCUT2D eigenvalue weighted by Crippen LogP contribution is -2.32. The van der Waals surface area contributed by atoms with Crippen molar-refractivity contribution < 1.29 is 9.18 Å². The third-order valence-corrected chi connectivity index (χ3v) is 3.27. The van der Waals surface area contributed by atoms with Gasteiger partial charge in [0, 0.05) is 24.7 Å². The fraction of sp³-hybridized carbons (Fsp3) is 0.133. The summed E-state index contributed by atoms with van der Waals surface area (Å²) in [5.41, 5.74) is 4.99. The molecule has 1 unspecified atom stereocenters. The fourth-order valence-corrected chi connectivity index (χ4v) is 2.29. The molecular weight excluding hydrogens is 257 g/mol. The molecule has 2 heterocycles. The summed E-state index contributed by atoms with van der Waals surface area (Å²) in [6.07, 6.45) is 3.69. The van der Waals surface area contributed by atoms with Gasteiger partial charge in [0.2, 0.25) is 5.91 Å². The van der Waals surface area contributed by atoms with E-state index in [0.717, 1.165) is 16.8 Å². The minimum atomic E-state index is -0.297. The number of aromatic nitrogens is 1. The van der Waals surface area contributed by atoms with Crippen molar-refractivity contribution in [3.8, 4) is 0 Å². The Morgan fingerprint density at radius 3 is 2.50 bits per heavy atom. The summed E-state index contributed by atoms with van der Waals surface area (Å²) in [5.74, 6) is -0.565. The van der Waals surface area contributed by atoms with Crippen molar-refractivity contribution in [2.45, 2.75) is 12.3 Å². The van der Waals surface area contributed by atoms with Crippen molar-refractivity contribution in [2.75, 3.05) is 0 Å². The lowest BCUT2D eigenvalue weighted by Gasteiger charge is -2.23. The fourth-order valence-electron chi connectivity index (χ4n) is 2.29. The number of hydrogen-bond acceptors (Lipinski definition) is 3. The summed E-state index contributed by atoms with van der Waals surface area (Å²) < 4.78 is 13.0. The molecule has 0 fully saturated rings. The number of carbonyl (C=O) groups excluding carboxylic acids is 1. The second kappa shape index (κ2) is 5.21. The average Bonchev–Trinajstić information content (AvgIpc) is 2.49. The molecule has 5 heteroatoms. The molecule has 0 saturated heterocycles. The van der Waals surface area contributed by atoms with E-state index in [1.807, 2.05) is 12.1 Å². The Kier molecular flexibility index (Phi) is 3.25. The number of rotatable bonds is 2. The van der Waals surface area contributed by atoms with Crippen LogP contribution in [0.2, 0.25) is 0 Å². The molecule has 100 valence electrons. The molecule has 1 aromatic heterocycles. The second-order valence-corrected chi connectivity index (χ2v) is 4.58. The smallest absolute Gasteiger partial charge is 0.241 e. The topological polar surface area (TPSA) is 54.4 Å². The van der Waals surface area contributed by atoms with Crippen LogP contribution in [-0.2, 0) is 4.79 Å². The summed E-state index contributed by atoms with van der Waals surface area (Å²) in [4.78, 5) is 15.6. The molecule has 0 bridgehead atoms. The van der Waals surface area contributed by atoms with Gasteiger partial charge < -0.3 is 0 Å². The van der Waals surface area contributed by atoms with Crippen LogP contribution in [0.1, 0.15) is 23.5 Å². The Bertz CT molecular complexity index is 653. The zero-order valence-electron chi connectivity index (χ0n) is 10.6. The molecule has 3 rings (SSSR count). The molecule has 0 spiro atoms. The largest absolute Gasteiger partial charge is 0.273 e. The number of carbonyl (C=O) groups is 1. The zero-order valence-corrected chi connectivity index (χ0v) is 10.6. The van der Waals surface area contributed by atoms with Crippen LogP contribution < -0.4 is 5.43 Å². The summed E-state index contributed by atoms with van der Waals surface area (Å²) in [6, 6.07) is 9.83. The Labute approximate surface area is 115 Å². The van der Waals surface area contributed by atoms with Crippen molar-refractivity contribution >= 4 is 11.6 Å².